The van der Waals surface area contributed by atoms with Gasteiger partial charge >= 0.3 is 0 Å². The van der Waals surface area contributed by atoms with Crippen molar-refractivity contribution in [2.24, 2.45) is 11.7 Å². The maximum Gasteiger partial charge on any atom is 0.239 e. The van der Waals surface area contributed by atoms with E-state index in [9.17, 15) is 4.79 Å². The second kappa shape index (κ2) is 8.67. The fourth-order valence-electron chi connectivity index (χ4n) is 2.05. The second-order valence-electron chi connectivity index (χ2n) is 5.89. The molecule has 1 amide bonds. The monoisotopic (exact) mass is 291 g/mol. The molecule has 0 radical (unpaired) electrons. The maximum atomic E-state index is 12.2. The number of carbonyl (C=O) groups is 1. The van der Waals surface area contributed by atoms with Crippen molar-refractivity contribution in [3.8, 4) is 0 Å². The van der Waals surface area contributed by atoms with Crippen LogP contribution in [0.3, 0.4) is 0 Å². The van der Waals surface area contributed by atoms with E-state index in [1.807, 2.05) is 31.2 Å². The fourth-order valence-corrected chi connectivity index (χ4v) is 2.05. The topological polar surface area (TPSA) is 58.4 Å². The van der Waals surface area contributed by atoms with Crippen molar-refractivity contribution in [3.63, 3.8) is 0 Å². The van der Waals surface area contributed by atoms with Crippen molar-refractivity contribution in [2.45, 2.75) is 46.7 Å². The molecule has 1 aromatic rings. The predicted molar refractivity (Wildman–Crippen MR) is 89.3 cm³/mol. The van der Waals surface area contributed by atoms with Gasteiger partial charge in [-0.3, -0.25) is 4.79 Å². The highest BCUT2D eigenvalue weighted by Crippen LogP contribution is 2.15. The van der Waals surface area contributed by atoms with E-state index in [2.05, 4.69) is 31.0 Å². The molecule has 0 spiro atoms. The zero-order chi connectivity index (χ0) is 15.8. The number of benzene rings is 1. The van der Waals surface area contributed by atoms with E-state index < -0.39 is 0 Å². The second-order valence-corrected chi connectivity index (χ2v) is 5.89. The van der Waals surface area contributed by atoms with E-state index >= 15 is 0 Å². The van der Waals surface area contributed by atoms with Crippen LogP contribution < -0.4 is 16.0 Å². The number of nitrogens with two attached hydrogens (primary N) is 1. The van der Waals surface area contributed by atoms with Gasteiger partial charge < -0.3 is 16.0 Å². The van der Waals surface area contributed by atoms with E-state index in [0.717, 1.165) is 24.2 Å². The summed E-state index contributed by atoms with van der Waals surface area (Å²) >= 11 is 0. The number of nitrogens with one attached hydrogen (secondary N) is 1. The van der Waals surface area contributed by atoms with Crippen molar-refractivity contribution in [1.82, 2.24) is 5.32 Å². The zero-order valence-corrected chi connectivity index (χ0v) is 13.7. The van der Waals surface area contributed by atoms with Crippen LogP contribution in [0, 0.1) is 5.92 Å². The Morgan fingerprint density at radius 3 is 2.33 bits per heavy atom. The lowest BCUT2D eigenvalue weighted by atomic mass is 10.1. The number of rotatable bonds is 8. The minimum absolute atomic E-state index is 0.0764. The molecule has 0 aliphatic heterocycles. The van der Waals surface area contributed by atoms with E-state index in [-0.39, 0.29) is 11.9 Å². The quantitative estimate of drug-likeness (QED) is 0.774. The average molecular weight is 291 g/mol. The van der Waals surface area contributed by atoms with E-state index in [1.165, 1.54) is 0 Å². The molecule has 0 fully saturated rings. The Morgan fingerprint density at radius 1 is 1.24 bits per heavy atom. The van der Waals surface area contributed by atoms with Gasteiger partial charge in [0.25, 0.3) is 0 Å². The molecule has 0 saturated carbocycles. The lowest BCUT2D eigenvalue weighted by Gasteiger charge is -2.26. The molecule has 0 heterocycles. The molecule has 3 N–H and O–H groups in total. The first kappa shape index (κ1) is 17.5. The van der Waals surface area contributed by atoms with Gasteiger partial charge in [-0.1, -0.05) is 32.9 Å². The molecule has 1 rings (SSSR count). The molecule has 0 aliphatic rings. The van der Waals surface area contributed by atoms with Gasteiger partial charge in [-0.2, -0.15) is 0 Å². The van der Waals surface area contributed by atoms with Gasteiger partial charge in [-0.25, -0.2) is 0 Å². The van der Waals surface area contributed by atoms with Gasteiger partial charge in [0, 0.05) is 24.8 Å². The number of amides is 1. The van der Waals surface area contributed by atoms with Crippen LogP contribution >= 0.6 is 0 Å². The molecule has 1 aromatic carbocycles. The number of nitrogens with zero attached hydrogens (tertiary/aromatic N) is 1. The normalized spacial score (nSPS) is 12.3. The smallest absolute Gasteiger partial charge is 0.239 e. The van der Waals surface area contributed by atoms with Gasteiger partial charge in [-0.15, -0.1) is 0 Å². The first-order chi connectivity index (χ1) is 9.97. The van der Waals surface area contributed by atoms with Crippen LogP contribution in [0.4, 0.5) is 5.69 Å². The molecule has 0 aromatic heterocycles. The Morgan fingerprint density at radius 2 is 1.86 bits per heavy atom. The number of carbonyl (C=O) groups excluding carboxylic acids is 1. The Labute approximate surface area is 128 Å². The molecule has 0 bridgehead atoms. The first-order valence-corrected chi connectivity index (χ1v) is 7.81. The molecule has 0 aliphatic carbocycles. The standard InChI is InChI=1S/C17H29N3O/c1-5-10-20(12-17(21)19-14(4)13(2)3)16-8-6-15(11-18)7-9-16/h6-9,13-14H,5,10-12,18H2,1-4H3,(H,19,21). The molecule has 1 unspecified atom stereocenters. The van der Waals surface area contributed by atoms with Crippen LogP contribution in [-0.4, -0.2) is 25.0 Å². The highest BCUT2D eigenvalue weighted by molar-refractivity contribution is 5.81. The van der Waals surface area contributed by atoms with Crippen LogP contribution in [0.2, 0.25) is 0 Å². The summed E-state index contributed by atoms with van der Waals surface area (Å²) in [6, 6.07) is 8.31. The van der Waals surface area contributed by atoms with Crippen molar-refractivity contribution in [2.75, 3.05) is 18.0 Å². The van der Waals surface area contributed by atoms with E-state index in [1.54, 1.807) is 0 Å². The maximum absolute atomic E-state index is 12.2. The van der Waals surface area contributed by atoms with Gasteiger partial charge in [-0.05, 0) is 37.0 Å². The third-order valence-electron chi connectivity index (χ3n) is 3.75. The van der Waals surface area contributed by atoms with Crippen molar-refractivity contribution >= 4 is 11.6 Å². The molecule has 21 heavy (non-hydrogen) atoms. The summed E-state index contributed by atoms with van der Waals surface area (Å²) in [5.74, 6) is 0.518. The molecular formula is C17H29N3O. The Kier molecular flexibility index (Phi) is 7.23. The fraction of sp³-hybridized carbons (Fsp3) is 0.588. The zero-order valence-electron chi connectivity index (χ0n) is 13.7. The van der Waals surface area contributed by atoms with Crippen LogP contribution in [0.1, 0.15) is 39.7 Å². The van der Waals surface area contributed by atoms with Crippen molar-refractivity contribution in [1.29, 1.82) is 0 Å². The highest BCUT2D eigenvalue weighted by atomic mass is 16.2. The third-order valence-corrected chi connectivity index (χ3v) is 3.75. The van der Waals surface area contributed by atoms with Gasteiger partial charge in [0.2, 0.25) is 5.91 Å². The molecule has 118 valence electrons. The van der Waals surface area contributed by atoms with E-state index in [4.69, 9.17) is 5.73 Å². The van der Waals surface area contributed by atoms with Crippen molar-refractivity contribution in [3.05, 3.63) is 29.8 Å². The summed E-state index contributed by atoms with van der Waals surface area (Å²) < 4.78 is 0. The summed E-state index contributed by atoms with van der Waals surface area (Å²) in [4.78, 5) is 14.3. The molecule has 4 heteroatoms. The molecule has 1 atom stereocenters. The SMILES string of the molecule is CCCN(CC(=O)NC(C)C(C)C)c1ccc(CN)cc1. The minimum atomic E-state index is 0.0764. The Bertz CT molecular complexity index is 428. The van der Waals surface area contributed by atoms with Crippen LogP contribution in [-0.2, 0) is 11.3 Å². The van der Waals surface area contributed by atoms with Crippen LogP contribution in [0.5, 0.6) is 0 Å². The highest BCUT2D eigenvalue weighted by Gasteiger charge is 2.14. The van der Waals surface area contributed by atoms with Crippen LogP contribution in [0.25, 0.3) is 0 Å². The minimum Gasteiger partial charge on any atom is -0.362 e. The summed E-state index contributed by atoms with van der Waals surface area (Å²) in [7, 11) is 0. The number of hydrogen-bond donors (Lipinski definition) is 2. The number of anilines is 1. The lowest BCUT2D eigenvalue weighted by Crippen LogP contribution is -2.43. The van der Waals surface area contributed by atoms with Crippen molar-refractivity contribution < 1.29 is 4.79 Å². The average Bonchev–Trinajstić information content (AvgIpc) is 2.46. The van der Waals surface area contributed by atoms with Crippen LogP contribution in [0.15, 0.2) is 24.3 Å². The predicted octanol–water partition coefficient (Wildman–Crippen LogP) is 2.52. The number of hydrogen-bond acceptors (Lipinski definition) is 3. The first-order valence-electron chi connectivity index (χ1n) is 7.81. The summed E-state index contributed by atoms with van der Waals surface area (Å²) in [5, 5.41) is 3.06. The summed E-state index contributed by atoms with van der Waals surface area (Å²) in [5.41, 5.74) is 7.80. The molecule has 0 saturated heterocycles. The lowest BCUT2D eigenvalue weighted by molar-refractivity contribution is -0.120. The Balaban J connectivity index is 2.70. The van der Waals surface area contributed by atoms with E-state index in [0.29, 0.717) is 19.0 Å². The molecular weight excluding hydrogens is 262 g/mol. The van der Waals surface area contributed by atoms with Gasteiger partial charge in [0.15, 0.2) is 0 Å². The van der Waals surface area contributed by atoms with Gasteiger partial charge in [0.1, 0.15) is 0 Å². The van der Waals surface area contributed by atoms with Gasteiger partial charge in [0.05, 0.1) is 6.54 Å². The summed E-state index contributed by atoms with van der Waals surface area (Å²) in [6.07, 6.45) is 1.01. The molecule has 4 nitrogen and oxygen atoms in total. The Hall–Kier alpha value is -1.55. The largest absolute Gasteiger partial charge is 0.362 e. The third kappa shape index (κ3) is 5.76. The summed E-state index contributed by atoms with van der Waals surface area (Å²) in [6.45, 7) is 10.2.